The number of benzene rings is 4. The van der Waals surface area contributed by atoms with Crippen LogP contribution in [-0.2, 0) is 38.9 Å². The van der Waals surface area contributed by atoms with Crippen LogP contribution < -0.4 is 26.2 Å². The van der Waals surface area contributed by atoms with E-state index in [1.807, 2.05) is 54.6 Å². The number of methoxy groups -OCH3 is 2. The summed E-state index contributed by atoms with van der Waals surface area (Å²) in [5.41, 5.74) is 4.89. The van der Waals surface area contributed by atoms with Gasteiger partial charge < -0.3 is 39.5 Å². The Morgan fingerprint density at radius 1 is 0.783 bits per heavy atom. The second-order valence-corrected chi connectivity index (χ2v) is 14.2. The quantitative estimate of drug-likeness (QED) is 0.0982. The van der Waals surface area contributed by atoms with Crippen LogP contribution in [-0.4, -0.2) is 72.4 Å². The predicted molar refractivity (Wildman–Crippen MR) is 218 cm³/mol. The average Bonchev–Trinajstić information content (AvgIpc) is 3.26. The van der Waals surface area contributed by atoms with E-state index in [0.29, 0.717) is 28.2 Å². The lowest BCUT2D eigenvalue weighted by Crippen LogP contribution is -2.58. The van der Waals surface area contributed by atoms with Gasteiger partial charge in [-0.3, -0.25) is 19.0 Å². The lowest BCUT2D eigenvalue weighted by atomic mass is 9.79. The molecule has 2 heterocycles. The molecule has 0 saturated carbocycles. The number of nitrogens with zero attached hydrogens (tertiary/aromatic N) is 2. The number of ether oxygens (including phenoxy) is 6. The molecule has 0 bridgehead atoms. The van der Waals surface area contributed by atoms with Crippen LogP contribution in [0.25, 0.3) is 0 Å². The Kier molecular flexibility index (Phi) is 13.7. The highest BCUT2D eigenvalue weighted by Gasteiger charge is 2.52. The molecule has 2 amide bonds. The van der Waals surface area contributed by atoms with Gasteiger partial charge in [0.05, 0.1) is 32.8 Å². The summed E-state index contributed by atoms with van der Waals surface area (Å²) in [6.45, 7) is 3.02. The van der Waals surface area contributed by atoms with E-state index < -0.39 is 59.6 Å². The van der Waals surface area contributed by atoms with Crippen LogP contribution in [0.15, 0.2) is 126 Å². The Balaban J connectivity index is 1.59. The SMILES string of the molecule is COc1ccc(C(O[C@@H]2[C@@H](OC(=O)c3ccccc3)[C@@H](OC(=O)CCC(N)=O)CO[C@H]2n2ccc(NC(=O)C(C)C)nc2=O)(c2ccccc2)c2ccc(OC)cc2)cc1. The predicted octanol–water partition coefficient (Wildman–Crippen LogP) is 5.16. The number of hydrogen-bond acceptors (Lipinski definition) is 12. The third-order valence-corrected chi connectivity index (χ3v) is 9.88. The van der Waals surface area contributed by atoms with Crippen LogP contribution in [0, 0.1) is 5.92 Å². The molecule has 3 N–H and O–H groups in total. The van der Waals surface area contributed by atoms with Crippen LogP contribution in [0.1, 0.15) is 60.0 Å². The van der Waals surface area contributed by atoms with E-state index in [1.165, 1.54) is 12.3 Å². The number of rotatable bonds is 16. The molecule has 1 saturated heterocycles. The van der Waals surface area contributed by atoms with E-state index in [1.54, 1.807) is 82.7 Å². The fraction of sp³-hybridized carbons (Fsp3) is 0.289. The van der Waals surface area contributed by atoms with Crippen LogP contribution in [0.3, 0.4) is 0 Å². The van der Waals surface area contributed by atoms with Crippen molar-refractivity contribution in [1.29, 1.82) is 0 Å². The van der Waals surface area contributed by atoms with Gasteiger partial charge in [-0.2, -0.15) is 4.98 Å². The van der Waals surface area contributed by atoms with E-state index in [-0.39, 0.29) is 36.7 Å². The zero-order valence-electron chi connectivity index (χ0n) is 33.5. The van der Waals surface area contributed by atoms with Crippen molar-refractivity contribution in [2.45, 2.75) is 56.8 Å². The number of nitrogens with one attached hydrogen (secondary N) is 1. The molecule has 60 heavy (non-hydrogen) atoms. The minimum atomic E-state index is -1.58. The maximum Gasteiger partial charge on any atom is 0.351 e. The number of amides is 2. The van der Waals surface area contributed by atoms with Gasteiger partial charge in [-0.1, -0.05) is 86.6 Å². The molecule has 1 aliphatic rings. The van der Waals surface area contributed by atoms with E-state index >= 15 is 0 Å². The number of primary amides is 1. The van der Waals surface area contributed by atoms with Crippen molar-refractivity contribution >= 4 is 29.6 Å². The number of esters is 2. The van der Waals surface area contributed by atoms with E-state index in [2.05, 4.69) is 10.3 Å². The molecule has 15 heteroatoms. The summed E-state index contributed by atoms with van der Waals surface area (Å²) < 4.78 is 38.3. The zero-order valence-corrected chi connectivity index (χ0v) is 33.5. The summed E-state index contributed by atoms with van der Waals surface area (Å²) in [5, 5.41) is 2.63. The molecule has 0 spiro atoms. The van der Waals surface area contributed by atoms with Crippen LogP contribution in [0.5, 0.6) is 11.5 Å². The lowest BCUT2D eigenvalue weighted by Gasteiger charge is -2.46. The van der Waals surface area contributed by atoms with Gasteiger partial charge in [0.25, 0.3) is 0 Å². The molecule has 4 atom stereocenters. The highest BCUT2D eigenvalue weighted by Crippen LogP contribution is 2.46. The topological polar surface area (TPSA) is 197 Å². The molecule has 312 valence electrons. The largest absolute Gasteiger partial charge is 0.497 e. The molecule has 1 fully saturated rings. The Morgan fingerprint density at radius 3 is 1.88 bits per heavy atom. The van der Waals surface area contributed by atoms with Crippen LogP contribution in [0.2, 0.25) is 0 Å². The Bertz CT molecular complexity index is 2270. The summed E-state index contributed by atoms with van der Waals surface area (Å²) in [4.78, 5) is 69.7. The number of hydrogen-bond donors (Lipinski definition) is 2. The standard InChI is InChI=1S/C45H46N4O11/c1-28(2)41(52)47-37-25-26-49(44(54)48-37)42-40(39(59-43(53)29-11-7-5-8-12-29)35(27-57-42)58-38(51)24-23-36(46)50)60-45(30-13-9-6-10-14-30,31-15-19-33(55-3)20-16-31)32-17-21-34(56-4)22-18-32/h5-22,25-26,28,35,39-40,42H,23-24,27H2,1-4H3,(H2,46,50)(H,47,48,52,54)/t35-,39-,40+,42+/m0/s1. The van der Waals surface area contributed by atoms with Crippen LogP contribution in [0.4, 0.5) is 5.82 Å². The minimum Gasteiger partial charge on any atom is -0.497 e. The van der Waals surface area contributed by atoms with Crippen molar-refractivity contribution < 1.29 is 47.6 Å². The number of aromatic nitrogens is 2. The zero-order chi connectivity index (χ0) is 42.8. The number of nitrogens with two attached hydrogens (primary N) is 1. The molecule has 4 aromatic carbocycles. The third kappa shape index (κ3) is 9.71. The molecular weight excluding hydrogens is 773 g/mol. The number of anilines is 1. The van der Waals surface area contributed by atoms with Crippen molar-refractivity contribution in [1.82, 2.24) is 9.55 Å². The highest BCUT2D eigenvalue weighted by atomic mass is 16.6. The normalized spacial score (nSPS) is 17.6. The monoisotopic (exact) mass is 818 g/mol. The summed E-state index contributed by atoms with van der Waals surface area (Å²) in [6.07, 6.45) is -4.94. The van der Waals surface area contributed by atoms with Crippen molar-refractivity contribution in [2.75, 3.05) is 26.1 Å². The van der Waals surface area contributed by atoms with E-state index in [4.69, 9.17) is 34.2 Å². The first kappa shape index (κ1) is 42.8. The number of carbonyl (C=O) groups is 4. The first-order valence-corrected chi connectivity index (χ1v) is 19.2. The molecular formula is C45H46N4O11. The highest BCUT2D eigenvalue weighted by molar-refractivity contribution is 5.91. The first-order chi connectivity index (χ1) is 28.9. The van der Waals surface area contributed by atoms with Crippen molar-refractivity contribution in [2.24, 2.45) is 11.7 Å². The molecule has 0 radical (unpaired) electrons. The Hall–Kier alpha value is -6.84. The van der Waals surface area contributed by atoms with Gasteiger partial charge in [0.15, 0.2) is 18.4 Å². The maximum atomic E-state index is 14.1. The Morgan fingerprint density at radius 2 is 1.35 bits per heavy atom. The van der Waals surface area contributed by atoms with Gasteiger partial charge >= 0.3 is 17.6 Å². The summed E-state index contributed by atoms with van der Waals surface area (Å²) in [5.74, 6) is -1.93. The van der Waals surface area contributed by atoms with Gasteiger partial charge in [0, 0.05) is 18.5 Å². The molecule has 0 unspecified atom stereocenters. The fourth-order valence-electron chi connectivity index (χ4n) is 6.76. The van der Waals surface area contributed by atoms with E-state index in [0.717, 1.165) is 4.57 Å². The van der Waals surface area contributed by atoms with Gasteiger partial charge in [0.2, 0.25) is 11.8 Å². The second kappa shape index (κ2) is 19.3. The fourth-order valence-corrected chi connectivity index (χ4v) is 6.76. The summed E-state index contributed by atoms with van der Waals surface area (Å²) >= 11 is 0. The van der Waals surface area contributed by atoms with Crippen molar-refractivity contribution in [3.8, 4) is 11.5 Å². The van der Waals surface area contributed by atoms with Crippen molar-refractivity contribution in [3.05, 3.63) is 154 Å². The van der Waals surface area contributed by atoms with Gasteiger partial charge in [-0.05, 0) is 59.2 Å². The molecule has 15 nitrogen and oxygen atoms in total. The minimum absolute atomic E-state index is 0.00615. The van der Waals surface area contributed by atoms with Crippen LogP contribution >= 0.6 is 0 Å². The third-order valence-electron chi connectivity index (χ3n) is 9.88. The number of carbonyl (C=O) groups excluding carboxylic acids is 4. The average molecular weight is 819 g/mol. The molecule has 6 rings (SSSR count). The summed E-state index contributed by atoms with van der Waals surface area (Å²) in [6, 6.07) is 33.2. The molecule has 5 aromatic rings. The maximum absolute atomic E-state index is 14.1. The van der Waals surface area contributed by atoms with Gasteiger partial charge in [0.1, 0.15) is 29.0 Å². The van der Waals surface area contributed by atoms with E-state index in [9.17, 15) is 24.0 Å². The molecule has 1 aromatic heterocycles. The molecule has 1 aliphatic heterocycles. The molecule has 0 aliphatic carbocycles. The summed E-state index contributed by atoms with van der Waals surface area (Å²) in [7, 11) is 3.09. The Labute approximate surface area is 346 Å². The van der Waals surface area contributed by atoms with Crippen molar-refractivity contribution in [3.63, 3.8) is 0 Å². The van der Waals surface area contributed by atoms with Gasteiger partial charge in [-0.15, -0.1) is 0 Å². The van der Waals surface area contributed by atoms with Gasteiger partial charge in [-0.25, -0.2) is 9.59 Å². The first-order valence-electron chi connectivity index (χ1n) is 19.2. The smallest absolute Gasteiger partial charge is 0.351 e. The lowest BCUT2D eigenvalue weighted by molar-refractivity contribution is -0.253. The second-order valence-electron chi connectivity index (χ2n) is 14.2.